The van der Waals surface area contributed by atoms with Gasteiger partial charge in [-0.3, -0.25) is 0 Å². The van der Waals surface area contributed by atoms with Crippen molar-refractivity contribution in [2.45, 2.75) is 50.3 Å². The van der Waals surface area contributed by atoms with Crippen molar-refractivity contribution < 1.29 is 9.84 Å². The summed E-state index contributed by atoms with van der Waals surface area (Å²) in [5.41, 5.74) is 1.54. The number of benzene rings is 1. The first-order chi connectivity index (χ1) is 11.2. The van der Waals surface area contributed by atoms with Crippen LogP contribution in [0.2, 0.25) is 0 Å². The Balaban J connectivity index is 1.58. The number of hydrogen-bond acceptors (Lipinski definition) is 3. The molecule has 4 heteroatoms. The number of fused-ring (bicyclic) bond motifs is 1. The number of aromatic nitrogens is 1. The lowest BCUT2D eigenvalue weighted by Crippen LogP contribution is -2.33. The quantitative estimate of drug-likeness (QED) is 0.912. The number of hydrogen-bond donors (Lipinski definition) is 2. The molecule has 0 saturated carbocycles. The molecular formula is C19H26N2O2. The first-order valence-electron chi connectivity index (χ1n) is 8.87. The van der Waals surface area contributed by atoms with E-state index < -0.39 is 5.60 Å². The van der Waals surface area contributed by atoms with Crippen molar-refractivity contribution in [1.82, 2.24) is 9.88 Å². The highest BCUT2D eigenvalue weighted by molar-refractivity contribution is 5.81. The Morgan fingerprint density at radius 1 is 1.26 bits per heavy atom. The van der Waals surface area contributed by atoms with Crippen molar-refractivity contribution in [3.63, 3.8) is 0 Å². The van der Waals surface area contributed by atoms with Gasteiger partial charge < -0.3 is 19.7 Å². The van der Waals surface area contributed by atoms with E-state index in [2.05, 4.69) is 40.3 Å². The normalized spacial score (nSPS) is 24.3. The van der Waals surface area contributed by atoms with E-state index in [1.54, 1.807) is 0 Å². The first kappa shape index (κ1) is 15.2. The molecule has 1 unspecified atom stereocenters. The van der Waals surface area contributed by atoms with E-state index >= 15 is 0 Å². The van der Waals surface area contributed by atoms with E-state index in [4.69, 9.17) is 4.74 Å². The molecular weight excluding hydrogens is 288 g/mol. The molecule has 0 aliphatic carbocycles. The first-order valence-corrected chi connectivity index (χ1v) is 8.87. The molecule has 1 aromatic heterocycles. The van der Waals surface area contributed by atoms with Gasteiger partial charge in [-0.25, -0.2) is 0 Å². The topological polar surface area (TPSA) is 46.4 Å². The van der Waals surface area contributed by atoms with Crippen molar-refractivity contribution in [2.24, 2.45) is 0 Å². The summed E-state index contributed by atoms with van der Waals surface area (Å²) in [6, 6.07) is 9.24. The third-order valence-electron chi connectivity index (χ3n) is 5.51. The maximum atomic E-state index is 10.9. The van der Waals surface area contributed by atoms with Crippen LogP contribution in [0.5, 0.6) is 0 Å². The zero-order chi connectivity index (χ0) is 15.7. The number of aryl methyl sites for hydroxylation is 1. The van der Waals surface area contributed by atoms with Crippen LogP contribution in [0.4, 0.5) is 0 Å². The molecule has 2 aliphatic heterocycles. The van der Waals surface area contributed by atoms with E-state index in [0.717, 1.165) is 18.7 Å². The van der Waals surface area contributed by atoms with Crippen LogP contribution >= 0.6 is 0 Å². The molecule has 1 aromatic carbocycles. The Bertz CT molecular complexity index is 667. The standard InChI is InChI=1S/C19H26N2O2/c22-19(7-12-23-13-8-19)16-4-3-15-5-10-21(18(15)14-16)11-6-17-2-1-9-20-17/h3-5,10,14,17,20,22H,1-2,6-9,11-13H2. The minimum Gasteiger partial charge on any atom is -0.385 e. The Labute approximate surface area is 137 Å². The van der Waals surface area contributed by atoms with Gasteiger partial charge in [0.05, 0.1) is 5.60 Å². The highest BCUT2D eigenvalue weighted by Crippen LogP contribution is 2.33. The van der Waals surface area contributed by atoms with Gasteiger partial charge in [0.2, 0.25) is 0 Å². The molecule has 3 heterocycles. The number of aliphatic hydroxyl groups is 1. The predicted octanol–water partition coefficient (Wildman–Crippen LogP) is 2.78. The molecule has 2 fully saturated rings. The van der Waals surface area contributed by atoms with E-state index in [-0.39, 0.29) is 0 Å². The number of nitrogens with zero attached hydrogens (tertiary/aromatic N) is 1. The summed E-state index contributed by atoms with van der Waals surface area (Å²) in [6.07, 6.45) is 7.32. The largest absolute Gasteiger partial charge is 0.385 e. The van der Waals surface area contributed by atoms with Crippen molar-refractivity contribution in [3.05, 3.63) is 36.0 Å². The van der Waals surface area contributed by atoms with Crippen molar-refractivity contribution in [3.8, 4) is 0 Å². The molecule has 23 heavy (non-hydrogen) atoms. The van der Waals surface area contributed by atoms with Gasteiger partial charge in [0, 0.05) is 50.4 Å². The summed E-state index contributed by atoms with van der Waals surface area (Å²) >= 11 is 0. The fraction of sp³-hybridized carbons (Fsp3) is 0.579. The average molecular weight is 314 g/mol. The zero-order valence-electron chi connectivity index (χ0n) is 13.6. The van der Waals surface area contributed by atoms with Crippen LogP contribution in [0.25, 0.3) is 10.9 Å². The van der Waals surface area contributed by atoms with E-state index in [1.807, 2.05) is 0 Å². The molecule has 0 bridgehead atoms. The molecule has 2 aromatic rings. The second-order valence-corrected chi connectivity index (χ2v) is 7.01. The third-order valence-corrected chi connectivity index (χ3v) is 5.51. The average Bonchev–Trinajstić information content (AvgIpc) is 3.22. The van der Waals surface area contributed by atoms with Gasteiger partial charge in [-0.15, -0.1) is 0 Å². The second kappa shape index (κ2) is 6.27. The Hall–Kier alpha value is -1.36. The molecule has 124 valence electrons. The van der Waals surface area contributed by atoms with Gasteiger partial charge in [-0.05, 0) is 48.9 Å². The van der Waals surface area contributed by atoms with Crippen molar-refractivity contribution in [1.29, 1.82) is 0 Å². The van der Waals surface area contributed by atoms with Crippen LogP contribution in [-0.4, -0.2) is 35.5 Å². The fourth-order valence-corrected chi connectivity index (χ4v) is 3.96. The summed E-state index contributed by atoms with van der Waals surface area (Å²) in [4.78, 5) is 0. The number of rotatable bonds is 4. The molecule has 2 N–H and O–H groups in total. The zero-order valence-corrected chi connectivity index (χ0v) is 13.6. The number of ether oxygens (including phenoxy) is 1. The molecule has 4 rings (SSSR count). The highest BCUT2D eigenvalue weighted by Gasteiger charge is 2.32. The van der Waals surface area contributed by atoms with E-state index in [0.29, 0.717) is 32.1 Å². The molecule has 0 spiro atoms. The predicted molar refractivity (Wildman–Crippen MR) is 91.5 cm³/mol. The molecule has 0 amide bonds. The second-order valence-electron chi connectivity index (χ2n) is 7.01. The molecule has 4 nitrogen and oxygen atoms in total. The van der Waals surface area contributed by atoms with Gasteiger partial charge in [0.15, 0.2) is 0 Å². The summed E-state index contributed by atoms with van der Waals surface area (Å²) in [5.74, 6) is 0. The number of nitrogens with one attached hydrogen (secondary N) is 1. The third kappa shape index (κ3) is 3.03. The summed E-state index contributed by atoms with van der Waals surface area (Å²) in [5, 5.41) is 15.8. The maximum Gasteiger partial charge on any atom is 0.0941 e. The maximum absolute atomic E-state index is 10.9. The van der Waals surface area contributed by atoms with Crippen LogP contribution in [0, 0.1) is 0 Å². The minimum absolute atomic E-state index is 0.642. The lowest BCUT2D eigenvalue weighted by atomic mass is 9.86. The lowest BCUT2D eigenvalue weighted by molar-refractivity contribution is -0.0678. The van der Waals surface area contributed by atoms with Crippen molar-refractivity contribution in [2.75, 3.05) is 19.8 Å². The smallest absolute Gasteiger partial charge is 0.0941 e. The summed E-state index contributed by atoms with van der Waals surface area (Å²) < 4.78 is 7.74. The molecule has 2 aliphatic rings. The summed E-state index contributed by atoms with van der Waals surface area (Å²) in [7, 11) is 0. The van der Waals surface area contributed by atoms with Crippen molar-refractivity contribution >= 4 is 10.9 Å². The Morgan fingerprint density at radius 2 is 2.13 bits per heavy atom. The fourth-order valence-electron chi connectivity index (χ4n) is 3.96. The van der Waals surface area contributed by atoms with Crippen LogP contribution in [0.15, 0.2) is 30.5 Å². The van der Waals surface area contributed by atoms with Crippen LogP contribution in [-0.2, 0) is 16.9 Å². The minimum atomic E-state index is -0.728. The van der Waals surface area contributed by atoms with Crippen LogP contribution < -0.4 is 5.32 Å². The Morgan fingerprint density at radius 3 is 2.91 bits per heavy atom. The van der Waals surface area contributed by atoms with E-state index in [9.17, 15) is 5.11 Å². The van der Waals surface area contributed by atoms with Gasteiger partial charge in [0.1, 0.15) is 0 Å². The SMILES string of the molecule is OC1(c2ccc3ccn(CCC4CCCN4)c3c2)CCOCC1. The van der Waals surface area contributed by atoms with Gasteiger partial charge >= 0.3 is 0 Å². The highest BCUT2D eigenvalue weighted by atomic mass is 16.5. The Kier molecular flexibility index (Phi) is 4.14. The van der Waals surface area contributed by atoms with Crippen LogP contribution in [0.3, 0.4) is 0 Å². The van der Waals surface area contributed by atoms with Gasteiger partial charge in [0.25, 0.3) is 0 Å². The van der Waals surface area contributed by atoms with Gasteiger partial charge in [-0.2, -0.15) is 0 Å². The van der Waals surface area contributed by atoms with Gasteiger partial charge in [-0.1, -0.05) is 12.1 Å². The van der Waals surface area contributed by atoms with E-state index in [1.165, 1.54) is 30.2 Å². The summed E-state index contributed by atoms with van der Waals surface area (Å²) in [6.45, 7) is 3.48. The molecule has 0 radical (unpaired) electrons. The lowest BCUT2D eigenvalue weighted by Gasteiger charge is -2.32. The van der Waals surface area contributed by atoms with Crippen LogP contribution in [0.1, 0.15) is 37.7 Å². The monoisotopic (exact) mass is 314 g/mol. The molecule has 1 atom stereocenters. The molecule has 2 saturated heterocycles.